The molecule has 0 saturated carbocycles. The molecule has 2 saturated heterocycles. The van der Waals surface area contributed by atoms with Crippen LogP contribution in [0.2, 0.25) is 0 Å². The summed E-state index contributed by atoms with van der Waals surface area (Å²) in [6, 6.07) is 0. The van der Waals surface area contributed by atoms with Gasteiger partial charge in [0.05, 0.1) is 0 Å². The quantitative estimate of drug-likeness (QED) is 0.409. The highest BCUT2D eigenvalue weighted by atomic mass is 15.1. The van der Waals surface area contributed by atoms with Crippen LogP contribution in [-0.4, -0.2) is 39.0 Å². The molecule has 1 N–H and O–H groups in total. The first-order chi connectivity index (χ1) is 4.31. The van der Waals surface area contributed by atoms with Gasteiger partial charge in [0.15, 0.2) is 7.98 Å². The lowest BCUT2D eigenvalue weighted by molar-refractivity contribution is 0.187. The van der Waals surface area contributed by atoms with Crippen LogP contribution in [-0.2, 0) is 0 Å². The first-order valence-electron chi connectivity index (χ1n) is 3.70. The summed E-state index contributed by atoms with van der Waals surface area (Å²) in [5, 5.41) is 3.34. The van der Waals surface area contributed by atoms with E-state index >= 15 is 0 Å². The van der Waals surface area contributed by atoms with Crippen LogP contribution in [0.4, 0.5) is 0 Å². The summed E-state index contributed by atoms with van der Waals surface area (Å²) in [6.45, 7) is 5.15. The fourth-order valence-electron chi connectivity index (χ4n) is 1.93. The Labute approximate surface area is 57.0 Å². The van der Waals surface area contributed by atoms with Gasteiger partial charge in [-0.2, -0.15) is 0 Å². The molecule has 2 aliphatic rings. The lowest BCUT2D eigenvalue weighted by Crippen LogP contribution is -2.54. The molecule has 0 aromatic heterocycles. The Morgan fingerprint density at radius 1 is 1.44 bits per heavy atom. The molecule has 2 aliphatic heterocycles. The summed E-state index contributed by atoms with van der Waals surface area (Å²) < 4.78 is 0. The second-order valence-corrected chi connectivity index (χ2v) is 3.59. The van der Waals surface area contributed by atoms with E-state index in [0.29, 0.717) is 5.41 Å². The first-order valence-corrected chi connectivity index (χ1v) is 3.70. The van der Waals surface area contributed by atoms with Crippen LogP contribution in [0.25, 0.3) is 0 Å². The van der Waals surface area contributed by atoms with Crippen molar-refractivity contribution in [2.75, 3.05) is 26.2 Å². The van der Waals surface area contributed by atoms with Crippen molar-refractivity contribution in [3.05, 3.63) is 0 Å². The minimum absolute atomic E-state index is 0.703. The summed E-state index contributed by atoms with van der Waals surface area (Å²) in [7, 11) is 2.22. The lowest BCUT2D eigenvalue weighted by atomic mass is 9.81. The van der Waals surface area contributed by atoms with E-state index in [1.807, 2.05) is 0 Å². The lowest BCUT2D eigenvalue weighted by Gasteiger charge is -2.39. The average molecular weight is 124 g/mol. The molecule has 0 atom stereocenters. The van der Waals surface area contributed by atoms with Crippen molar-refractivity contribution in [1.82, 2.24) is 10.1 Å². The molecule has 2 heterocycles. The largest absolute Gasteiger partial charge is 0.348 e. The molecule has 0 amide bonds. The normalized spacial score (nSPS) is 32.9. The van der Waals surface area contributed by atoms with E-state index in [1.54, 1.807) is 0 Å². The first kappa shape index (κ1) is 5.75. The van der Waals surface area contributed by atoms with E-state index in [4.69, 9.17) is 0 Å². The van der Waals surface area contributed by atoms with Gasteiger partial charge >= 0.3 is 0 Å². The molecule has 2 fully saturated rings. The predicted molar refractivity (Wildman–Crippen MR) is 40.0 cm³/mol. The Morgan fingerprint density at radius 3 is 2.44 bits per heavy atom. The molecular weight excluding hydrogens is 111 g/mol. The van der Waals surface area contributed by atoms with Gasteiger partial charge in [0.1, 0.15) is 0 Å². The maximum atomic E-state index is 3.34. The van der Waals surface area contributed by atoms with Gasteiger partial charge < -0.3 is 10.1 Å². The molecular formula is C6H13BN2. The number of nitrogens with zero attached hydrogens (tertiary/aromatic N) is 1. The smallest absolute Gasteiger partial charge is 0.185 e. The highest BCUT2D eigenvalue weighted by Gasteiger charge is 2.41. The van der Waals surface area contributed by atoms with Crippen LogP contribution in [0, 0.1) is 5.41 Å². The third-order valence-corrected chi connectivity index (χ3v) is 2.63. The zero-order valence-electron chi connectivity index (χ0n) is 5.98. The second kappa shape index (κ2) is 1.73. The predicted octanol–water partition coefficient (Wildman–Crippen LogP) is -1.17. The molecule has 2 rings (SSSR count). The van der Waals surface area contributed by atoms with Gasteiger partial charge in [-0.3, -0.25) is 0 Å². The Kier molecular flexibility index (Phi) is 1.11. The van der Waals surface area contributed by atoms with Crippen LogP contribution in [0.1, 0.15) is 6.42 Å². The molecule has 50 valence electrons. The minimum Gasteiger partial charge on any atom is -0.348 e. The fraction of sp³-hybridized carbons (Fsp3) is 1.00. The molecule has 0 aromatic rings. The molecule has 1 spiro atoms. The Morgan fingerprint density at radius 2 is 2.22 bits per heavy atom. The van der Waals surface area contributed by atoms with E-state index in [9.17, 15) is 0 Å². The molecule has 0 unspecified atom stereocenters. The summed E-state index contributed by atoms with van der Waals surface area (Å²) in [4.78, 5) is 2.43. The highest BCUT2D eigenvalue weighted by molar-refractivity contribution is 6.04. The van der Waals surface area contributed by atoms with Crippen LogP contribution >= 0.6 is 0 Å². The molecule has 0 aromatic carbocycles. The number of nitrogens with one attached hydrogen (secondary N) is 1. The number of rotatable bonds is 0. The van der Waals surface area contributed by atoms with Crippen molar-refractivity contribution in [3.8, 4) is 0 Å². The van der Waals surface area contributed by atoms with Gasteiger partial charge in [0, 0.05) is 18.5 Å². The van der Waals surface area contributed by atoms with Gasteiger partial charge in [-0.1, -0.05) is 0 Å². The highest BCUT2D eigenvalue weighted by Crippen LogP contribution is 2.32. The van der Waals surface area contributed by atoms with E-state index in [2.05, 4.69) is 18.1 Å². The topological polar surface area (TPSA) is 15.3 Å². The van der Waals surface area contributed by atoms with Crippen molar-refractivity contribution in [3.63, 3.8) is 0 Å². The standard InChI is InChI=1S/C6H13BN2/c7-9-2-1-6(5-9)3-8-4-6/h8H,1-5,7H2. The zero-order chi connectivity index (χ0) is 6.32. The SMILES string of the molecule is BN1CCC2(CNC2)C1. The molecule has 3 heteroatoms. The maximum absolute atomic E-state index is 3.34. The summed E-state index contributed by atoms with van der Waals surface area (Å²) in [6.07, 6.45) is 1.41. The fourth-order valence-corrected chi connectivity index (χ4v) is 1.93. The summed E-state index contributed by atoms with van der Waals surface area (Å²) in [5.41, 5.74) is 0.703. The van der Waals surface area contributed by atoms with Crippen LogP contribution in [0.3, 0.4) is 0 Å². The number of hydrogen-bond donors (Lipinski definition) is 1. The molecule has 0 aliphatic carbocycles. The van der Waals surface area contributed by atoms with Crippen LogP contribution in [0.5, 0.6) is 0 Å². The third kappa shape index (κ3) is 0.794. The van der Waals surface area contributed by atoms with Crippen LogP contribution < -0.4 is 5.32 Å². The van der Waals surface area contributed by atoms with Crippen LogP contribution in [0.15, 0.2) is 0 Å². The van der Waals surface area contributed by atoms with Crippen molar-refractivity contribution >= 4 is 7.98 Å². The van der Waals surface area contributed by atoms with Gasteiger partial charge in [-0.05, 0) is 19.5 Å². The summed E-state index contributed by atoms with van der Waals surface area (Å²) in [5.74, 6) is 0. The Hall–Kier alpha value is -0.0151. The van der Waals surface area contributed by atoms with Crippen molar-refractivity contribution in [1.29, 1.82) is 0 Å². The summed E-state index contributed by atoms with van der Waals surface area (Å²) >= 11 is 0. The van der Waals surface area contributed by atoms with Gasteiger partial charge in [-0.25, -0.2) is 0 Å². The van der Waals surface area contributed by atoms with Crippen molar-refractivity contribution in [2.45, 2.75) is 6.42 Å². The van der Waals surface area contributed by atoms with Crippen molar-refractivity contribution in [2.24, 2.45) is 5.41 Å². The van der Waals surface area contributed by atoms with E-state index < -0.39 is 0 Å². The minimum atomic E-state index is 0.703. The monoisotopic (exact) mass is 124 g/mol. The molecule has 0 radical (unpaired) electrons. The van der Waals surface area contributed by atoms with Gasteiger partial charge in [0.25, 0.3) is 0 Å². The van der Waals surface area contributed by atoms with E-state index in [-0.39, 0.29) is 0 Å². The van der Waals surface area contributed by atoms with Gasteiger partial charge in [0.2, 0.25) is 0 Å². The third-order valence-electron chi connectivity index (χ3n) is 2.63. The Balaban J connectivity index is 1.99. The average Bonchev–Trinajstić information content (AvgIpc) is 2.09. The van der Waals surface area contributed by atoms with E-state index in [1.165, 1.54) is 32.6 Å². The zero-order valence-corrected chi connectivity index (χ0v) is 5.98. The van der Waals surface area contributed by atoms with Gasteiger partial charge in [-0.15, -0.1) is 0 Å². The molecule has 9 heavy (non-hydrogen) atoms. The maximum Gasteiger partial charge on any atom is 0.185 e. The molecule has 2 nitrogen and oxygen atoms in total. The number of hydrogen-bond acceptors (Lipinski definition) is 2. The van der Waals surface area contributed by atoms with Crippen molar-refractivity contribution < 1.29 is 0 Å². The van der Waals surface area contributed by atoms with E-state index in [0.717, 1.165) is 0 Å². The second-order valence-electron chi connectivity index (χ2n) is 3.59. The molecule has 0 bridgehead atoms. The Bertz CT molecular complexity index is 122.